The maximum atomic E-state index is 11.3. The molecule has 0 saturated carbocycles. The molecule has 0 aromatic heterocycles. The Morgan fingerprint density at radius 2 is 2.36 bits per heavy atom. The fourth-order valence-corrected chi connectivity index (χ4v) is 1.21. The predicted molar refractivity (Wildman–Crippen MR) is 47.9 cm³/mol. The van der Waals surface area contributed by atoms with Crippen molar-refractivity contribution in [2.45, 2.75) is 6.10 Å². The van der Waals surface area contributed by atoms with Crippen LogP contribution in [0.25, 0.3) is 0 Å². The van der Waals surface area contributed by atoms with Gasteiger partial charge >= 0.3 is 5.97 Å². The molecule has 1 atom stereocenters. The summed E-state index contributed by atoms with van der Waals surface area (Å²) in [5.41, 5.74) is 0. The minimum absolute atomic E-state index is 0.359. The maximum absolute atomic E-state index is 11.3. The lowest BCUT2D eigenvalue weighted by Gasteiger charge is -2.28. The van der Waals surface area contributed by atoms with Crippen molar-refractivity contribution in [3.8, 4) is 0 Å². The number of amides is 1. The predicted octanol–water partition coefficient (Wildman–Crippen LogP) is -1.48. The van der Waals surface area contributed by atoms with Crippen LogP contribution in [-0.2, 0) is 14.3 Å². The Hall–Kier alpha value is -1.14. The van der Waals surface area contributed by atoms with E-state index in [0.717, 1.165) is 6.54 Å². The van der Waals surface area contributed by atoms with Gasteiger partial charge in [-0.25, -0.2) is 0 Å². The Kier molecular flexibility index (Phi) is 3.84. The summed E-state index contributed by atoms with van der Waals surface area (Å²) >= 11 is 0. The number of morpholine rings is 1. The second-order valence-corrected chi connectivity index (χ2v) is 3.23. The van der Waals surface area contributed by atoms with E-state index in [1.54, 1.807) is 0 Å². The Balaban J connectivity index is 2.32. The van der Waals surface area contributed by atoms with Crippen LogP contribution >= 0.6 is 0 Å². The lowest BCUT2D eigenvalue weighted by atomic mass is 10.2. The van der Waals surface area contributed by atoms with E-state index in [2.05, 4.69) is 5.32 Å². The van der Waals surface area contributed by atoms with Crippen LogP contribution in [0, 0.1) is 0 Å². The summed E-state index contributed by atoms with van der Waals surface area (Å²) < 4.78 is 5.20. The van der Waals surface area contributed by atoms with Crippen LogP contribution in [0.1, 0.15) is 0 Å². The fraction of sp³-hybridized carbons (Fsp3) is 0.750. The molecule has 1 rings (SSSR count). The van der Waals surface area contributed by atoms with Crippen LogP contribution in [-0.4, -0.2) is 61.3 Å². The number of rotatable bonds is 3. The third-order valence-corrected chi connectivity index (χ3v) is 1.98. The lowest BCUT2D eigenvalue weighted by molar-refractivity contribution is -0.143. The van der Waals surface area contributed by atoms with Gasteiger partial charge in [0.15, 0.2) is 0 Å². The first kappa shape index (κ1) is 10.9. The number of aliphatic carboxylic acids is 1. The molecule has 0 radical (unpaired) electrons. The number of carboxylic acids is 1. The quantitative estimate of drug-likeness (QED) is 0.583. The van der Waals surface area contributed by atoms with E-state index in [1.165, 1.54) is 0 Å². The second-order valence-electron chi connectivity index (χ2n) is 3.23. The number of carbonyl (C=O) groups is 2. The molecule has 80 valence electrons. The molecule has 1 heterocycles. The van der Waals surface area contributed by atoms with E-state index in [1.807, 2.05) is 11.9 Å². The number of nitrogens with zero attached hydrogens (tertiary/aromatic N) is 1. The number of hydrogen-bond acceptors (Lipinski definition) is 4. The minimum atomic E-state index is -1.05. The van der Waals surface area contributed by atoms with E-state index in [-0.39, 0.29) is 12.5 Å². The van der Waals surface area contributed by atoms with Gasteiger partial charge < -0.3 is 20.1 Å². The van der Waals surface area contributed by atoms with Crippen molar-refractivity contribution >= 4 is 11.9 Å². The van der Waals surface area contributed by atoms with Crippen molar-refractivity contribution in [2.75, 3.05) is 33.3 Å². The number of hydrogen-bond donors (Lipinski definition) is 2. The van der Waals surface area contributed by atoms with Crippen molar-refractivity contribution in [1.82, 2.24) is 10.2 Å². The zero-order valence-corrected chi connectivity index (χ0v) is 8.02. The number of likely N-dealkylation sites (N-methyl/N-ethyl adjacent to an activating group) is 1. The van der Waals surface area contributed by atoms with Crippen molar-refractivity contribution < 1.29 is 19.4 Å². The highest BCUT2D eigenvalue weighted by Crippen LogP contribution is 2.02. The smallest absolute Gasteiger partial charge is 0.322 e. The molecule has 0 aromatic carbocycles. The zero-order valence-electron chi connectivity index (χ0n) is 8.02. The molecule has 6 nitrogen and oxygen atoms in total. The molecule has 2 N–H and O–H groups in total. The molecule has 1 fully saturated rings. The van der Waals surface area contributed by atoms with Crippen LogP contribution in [0.4, 0.5) is 0 Å². The van der Waals surface area contributed by atoms with Crippen LogP contribution < -0.4 is 5.32 Å². The van der Waals surface area contributed by atoms with Crippen molar-refractivity contribution in [3.05, 3.63) is 0 Å². The van der Waals surface area contributed by atoms with Crippen LogP contribution in [0.5, 0.6) is 0 Å². The topological polar surface area (TPSA) is 78.9 Å². The molecular formula is C8H14N2O4. The second kappa shape index (κ2) is 4.92. The molecule has 14 heavy (non-hydrogen) atoms. The highest BCUT2D eigenvalue weighted by Gasteiger charge is 2.24. The van der Waals surface area contributed by atoms with Crippen LogP contribution in [0.2, 0.25) is 0 Å². The van der Waals surface area contributed by atoms with Crippen LogP contribution in [0.15, 0.2) is 0 Å². The molecule has 1 aliphatic heterocycles. The van der Waals surface area contributed by atoms with Gasteiger partial charge in [-0.3, -0.25) is 9.59 Å². The summed E-state index contributed by atoms with van der Waals surface area (Å²) in [6.07, 6.45) is -0.548. The first-order chi connectivity index (χ1) is 6.59. The van der Waals surface area contributed by atoms with Gasteiger partial charge in [0.2, 0.25) is 0 Å². The van der Waals surface area contributed by atoms with E-state index >= 15 is 0 Å². The first-order valence-electron chi connectivity index (χ1n) is 4.39. The molecule has 0 aliphatic carbocycles. The van der Waals surface area contributed by atoms with Crippen molar-refractivity contribution in [2.24, 2.45) is 0 Å². The van der Waals surface area contributed by atoms with E-state index in [4.69, 9.17) is 9.84 Å². The van der Waals surface area contributed by atoms with Crippen molar-refractivity contribution in [3.63, 3.8) is 0 Å². The number of ether oxygens (including phenoxy) is 1. The minimum Gasteiger partial charge on any atom is -0.480 e. The normalized spacial score (nSPS) is 23.1. The number of nitrogens with one attached hydrogen (secondary N) is 1. The average molecular weight is 202 g/mol. The van der Waals surface area contributed by atoms with E-state index < -0.39 is 12.1 Å². The molecular weight excluding hydrogens is 188 g/mol. The molecule has 1 amide bonds. The van der Waals surface area contributed by atoms with Gasteiger partial charge in [-0.15, -0.1) is 0 Å². The Labute approximate surface area is 81.8 Å². The highest BCUT2D eigenvalue weighted by atomic mass is 16.5. The molecule has 0 bridgehead atoms. The molecule has 1 saturated heterocycles. The number of carboxylic acid groups (broad SMARTS) is 1. The monoisotopic (exact) mass is 202 g/mol. The van der Waals surface area contributed by atoms with Crippen molar-refractivity contribution in [1.29, 1.82) is 0 Å². The molecule has 0 unspecified atom stereocenters. The Morgan fingerprint density at radius 3 is 2.93 bits per heavy atom. The zero-order chi connectivity index (χ0) is 10.6. The highest BCUT2D eigenvalue weighted by molar-refractivity contribution is 5.84. The molecule has 0 aromatic rings. The van der Waals surface area contributed by atoms with Gasteiger partial charge in [0.1, 0.15) is 12.6 Å². The van der Waals surface area contributed by atoms with Gasteiger partial charge in [-0.2, -0.15) is 0 Å². The molecule has 6 heteroatoms. The summed E-state index contributed by atoms with van der Waals surface area (Å²) in [6, 6.07) is 0. The fourth-order valence-electron chi connectivity index (χ4n) is 1.21. The van der Waals surface area contributed by atoms with E-state index in [0.29, 0.717) is 13.2 Å². The summed E-state index contributed by atoms with van der Waals surface area (Å²) in [6.45, 7) is 1.44. The third-order valence-electron chi connectivity index (χ3n) is 1.98. The SMILES string of the molecule is CN1CCO[C@H](C(=O)NCC(=O)O)C1. The summed E-state index contributed by atoms with van der Waals surface area (Å²) in [4.78, 5) is 23.5. The lowest BCUT2D eigenvalue weighted by Crippen LogP contribution is -2.49. The van der Waals surface area contributed by atoms with Gasteiger partial charge in [0.05, 0.1) is 6.61 Å². The summed E-state index contributed by atoms with van der Waals surface area (Å²) in [5.74, 6) is -1.42. The van der Waals surface area contributed by atoms with Crippen LogP contribution in [0.3, 0.4) is 0 Å². The Morgan fingerprint density at radius 1 is 1.64 bits per heavy atom. The summed E-state index contributed by atoms with van der Waals surface area (Å²) in [5, 5.41) is 10.6. The van der Waals surface area contributed by atoms with Gasteiger partial charge in [0.25, 0.3) is 5.91 Å². The van der Waals surface area contributed by atoms with E-state index in [9.17, 15) is 9.59 Å². The summed E-state index contributed by atoms with van der Waals surface area (Å²) in [7, 11) is 1.89. The van der Waals surface area contributed by atoms with Gasteiger partial charge in [-0.1, -0.05) is 0 Å². The van der Waals surface area contributed by atoms with Gasteiger partial charge in [0, 0.05) is 13.1 Å². The third kappa shape index (κ3) is 3.31. The van der Waals surface area contributed by atoms with Gasteiger partial charge in [-0.05, 0) is 7.05 Å². The maximum Gasteiger partial charge on any atom is 0.322 e. The average Bonchev–Trinajstić information content (AvgIpc) is 2.14. The number of carbonyl (C=O) groups excluding carboxylic acids is 1. The Bertz CT molecular complexity index is 231. The molecule has 0 spiro atoms. The standard InChI is InChI=1S/C8H14N2O4/c1-10-2-3-14-6(5-10)8(13)9-4-7(11)12/h6H,2-5H2,1H3,(H,9,13)(H,11,12)/t6-/m0/s1. The largest absolute Gasteiger partial charge is 0.480 e. The molecule has 1 aliphatic rings. The first-order valence-corrected chi connectivity index (χ1v) is 4.39.